The van der Waals surface area contributed by atoms with Crippen molar-refractivity contribution >= 4 is 5.91 Å². The van der Waals surface area contributed by atoms with Crippen molar-refractivity contribution in [3.8, 4) is 5.75 Å². The fraction of sp³-hybridized carbons (Fsp3) is 0.312. The van der Waals surface area contributed by atoms with Gasteiger partial charge in [0.25, 0.3) is 0 Å². The van der Waals surface area contributed by atoms with Crippen molar-refractivity contribution in [1.29, 1.82) is 0 Å². The molecule has 5 heteroatoms. The van der Waals surface area contributed by atoms with Gasteiger partial charge >= 0.3 is 0 Å². The average Bonchev–Trinajstić information content (AvgIpc) is 3.01. The Labute approximate surface area is 124 Å². The van der Waals surface area contributed by atoms with Gasteiger partial charge < -0.3 is 19.8 Å². The highest BCUT2D eigenvalue weighted by Gasteiger charge is 2.02. The first-order valence-electron chi connectivity index (χ1n) is 6.90. The highest BCUT2D eigenvalue weighted by Crippen LogP contribution is 2.12. The van der Waals surface area contributed by atoms with Crippen LogP contribution in [0.3, 0.4) is 0 Å². The fourth-order valence-corrected chi connectivity index (χ4v) is 1.95. The van der Waals surface area contributed by atoms with Crippen LogP contribution in [0.2, 0.25) is 0 Å². The molecule has 1 aromatic carbocycles. The van der Waals surface area contributed by atoms with Gasteiger partial charge in [0.15, 0.2) is 0 Å². The quantitative estimate of drug-likeness (QED) is 0.776. The lowest BCUT2D eigenvalue weighted by molar-refractivity contribution is -0.120. The van der Waals surface area contributed by atoms with Crippen LogP contribution in [-0.2, 0) is 17.8 Å². The summed E-state index contributed by atoms with van der Waals surface area (Å²) < 4.78 is 10.3. The zero-order chi connectivity index (χ0) is 14.9. The molecule has 0 aliphatic carbocycles. The van der Waals surface area contributed by atoms with Gasteiger partial charge in [-0.1, -0.05) is 12.1 Å². The summed E-state index contributed by atoms with van der Waals surface area (Å²) in [5.74, 6) is 1.63. The molecule has 0 aliphatic rings. The fourth-order valence-electron chi connectivity index (χ4n) is 1.95. The van der Waals surface area contributed by atoms with E-state index in [0.717, 1.165) is 23.5 Å². The molecule has 2 rings (SSSR count). The van der Waals surface area contributed by atoms with Gasteiger partial charge in [-0.05, 0) is 36.2 Å². The molecule has 5 nitrogen and oxygen atoms in total. The summed E-state index contributed by atoms with van der Waals surface area (Å²) in [5.41, 5.74) is 1.14. The molecule has 0 unspecified atom stereocenters. The molecule has 0 saturated carbocycles. The summed E-state index contributed by atoms with van der Waals surface area (Å²) in [6, 6.07) is 11.5. The van der Waals surface area contributed by atoms with E-state index in [1.54, 1.807) is 13.4 Å². The maximum absolute atomic E-state index is 11.7. The van der Waals surface area contributed by atoms with Gasteiger partial charge in [-0.15, -0.1) is 0 Å². The van der Waals surface area contributed by atoms with E-state index in [0.29, 0.717) is 13.1 Å². The molecule has 0 fully saturated rings. The van der Waals surface area contributed by atoms with Crippen LogP contribution in [-0.4, -0.2) is 26.1 Å². The van der Waals surface area contributed by atoms with Crippen LogP contribution in [0.5, 0.6) is 5.75 Å². The molecule has 1 amide bonds. The van der Waals surface area contributed by atoms with E-state index in [2.05, 4.69) is 10.6 Å². The Kier molecular flexibility index (Phi) is 5.84. The summed E-state index contributed by atoms with van der Waals surface area (Å²) >= 11 is 0. The molecule has 0 aliphatic heterocycles. The van der Waals surface area contributed by atoms with E-state index in [-0.39, 0.29) is 12.5 Å². The standard InChI is InChI=1S/C16H20N2O3/c1-20-14-5-2-4-13(10-14)7-8-18-16(19)12-17-11-15-6-3-9-21-15/h2-6,9-10,17H,7-8,11-12H2,1H3,(H,18,19). The Morgan fingerprint density at radius 2 is 2.19 bits per heavy atom. The van der Waals surface area contributed by atoms with Gasteiger partial charge in [-0.3, -0.25) is 4.79 Å². The minimum Gasteiger partial charge on any atom is -0.497 e. The van der Waals surface area contributed by atoms with Crippen molar-refractivity contribution in [2.24, 2.45) is 0 Å². The SMILES string of the molecule is COc1cccc(CCNC(=O)CNCc2ccco2)c1. The Bertz CT molecular complexity index is 552. The number of hydrogen-bond donors (Lipinski definition) is 2. The molecule has 0 radical (unpaired) electrons. The minimum atomic E-state index is -0.0237. The largest absolute Gasteiger partial charge is 0.497 e. The number of nitrogens with one attached hydrogen (secondary N) is 2. The van der Waals surface area contributed by atoms with Gasteiger partial charge in [-0.25, -0.2) is 0 Å². The molecule has 1 heterocycles. The second-order valence-corrected chi connectivity index (χ2v) is 4.63. The van der Waals surface area contributed by atoms with Crippen molar-refractivity contribution < 1.29 is 13.9 Å². The smallest absolute Gasteiger partial charge is 0.233 e. The Morgan fingerprint density at radius 3 is 2.95 bits per heavy atom. The number of hydrogen-bond acceptors (Lipinski definition) is 4. The molecule has 1 aromatic heterocycles. The normalized spacial score (nSPS) is 10.3. The maximum Gasteiger partial charge on any atom is 0.233 e. The van der Waals surface area contributed by atoms with Crippen molar-refractivity contribution in [2.45, 2.75) is 13.0 Å². The Hall–Kier alpha value is -2.27. The first-order valence-corrected chi connectivity index (χ1v) is 6.90. The lowest BCUT2D eigenvalue weighted by atomic mass is 10.1. The van der Waals surface area contributed by atoms with Crippen LogP contribution in [0.1, 0.15) is 11.3 Å². The second kappa shape index (κ2) is 8.11. The van der Waals surface area contributed by atoms with E-state index in [1.165, 1.54) is 0 Å². The monoisotopic (exact) mass is 288 g/mol. The molecule has 2 aromatic rings. The van der Waals surface area contributed by atoms with Gasteiger partial charge in [0.2, 0.25) is 5.91 Å². The van der Waals surface area contributed by atoms with Gasteiger partial charge in [0.1, 0.15) is 11.5 Å². The third-order valence-electron chi connectivity index (χ3n) is 3.03. The molecule has 0 saturated heterocycles. The third kappa shape index (κ3) is 5.31. The third-order valence-corrected chi connectivity index (χ3v) is 3.03. The molecule has 112 valence electrons. The van der Waals surface area contributed by atoms with Gasteiger partial charge in [0.05, 0.1) is 26.5 Å². The van der Waals surface area contributed by atoms with Crippen molar-refractivity contribution in [3.05, 3.63) is 54.0 Å². The van der Waals surface area contributed by atoms with Crippen LogP contribution in [0.15, 0.2) is 47.1 Å². The molecule has 0 bridgehead atoms. The lowest BCUT2D eigenvalue weighted by Crippen LogP contribution is -2.34. The first-order chi connectivity index (χ1) is 10.3. The number of ether oxygens (including phenoxy) is 1. The number of methoxy groups -OCH3 is 1. The maximum atomic E-state index is 11.7. The summed E-state index contributed by atoms with van der Waals surface area (Å²) in [6.07, 6.45) is 2.40. The van der Waals surface area contributed by atoms with Crippen LogP contribution in [0.4, 0.5) is 0 Å². The predicted molar refractivity (Wildman–Crippen MR) is 80.1 cm³/mol. The number of benzene rings is 1. The number of amides is 1. The van der Waals surface area contributed by atoms with E-state index in [4.69, 9.17) is 9.15 Å². The van der Waals surface area contributed by atoms with Crippen LogP contribution in [0.25, 0.3) is 0 Å². The first kappa shape index (κ1) is 15.1. The van der Waals surface area contributed by atoms with E-state index in [1.807, 2.05) is 36.4 Å². The second-order valence-electron chi connectivity index (χ2n) is 4.63. The molecule has 0 spiro atoms. The molecule has 0 atom stereocenters. The van der Waals surface area contributed by atoms with Crippen molar-refractivity contribution in [2.75, 3.05) is 20.2 Å². The van der Waals surface area contributed by atoms with Crippen LogP contribution >= 0.6 is 0 Å². The summed E-state index contributed by atoms with van der Waals surface area (Å²) in [5, 5.41) is 5.90. The summed E-state index contributed by atoms with van der Waals surface area (Å²) in [4.78, 5) is 11.7. The minimum absolute atomic E-state index is 0.0237. The van der Waals surface area contributed by atoms with Gasteiger partial charge in [-0.2, -0.15) is 0 Å². The highest BCUT2D eigenvalue weighted by molar-refractivity contribution is 5.77. The van der Waals surface area contributed by atoms with Crippen LogP contribution < -0.4 is 15.4 Å². The molecular formula is C16H20N2O3. The average molecular weight is 288 g/mol. The Balaban J connectivity index is 1.62. The van der Waals surface area contributed by atoms with E-state index >= 15 is 0 Å². The molecular weight excluding hydrogens is 268 g/mol. The number of furan rings is 1. The summed E-state index contributed by atoms with van der Waals surface area (Å²) in [7, 11) is 1.64. The van der Waals surface area contributed by atoms with Crippen LogP contribution in [0, 0.1) is 0 Å². The number of rotatable bonds is 8. The zero-order valence-corrected chi connectivity index (χ0v) is 12.1. The highest BCUT2D eigenvalue weighted by atomic mass is 16.5. The van der Waals surface area contributed by atoms with E-state index < -0.39 is 0 Å². The number of carbonyl (C=O) groups is 1. The predicted octanol–water partition coefficient (Wildman–Crippen LogP) is 1.74. The summed E-state index contributed by atoms with van der Waals surface area (Å²) in [6.45, 7) is 1.43. The number of carbonyl (C=O) groups excluding carboxylic acids is 1. The van der Waals surface area contributed by atoms with E-state index in [9.17, 15) is 4.79 Å². The lowest BCUT2D eigenvalue weighted by Gasteiger charge is -2.07. The van der Waals surface area contributed by atoms with Gasteiger partial charge in [0, 0.05) is 6.54 Å². The zero-order valence-electron chi connectivity index (χ0n) is 12.1. The Morgan fingerprint density at radius 1 is 1.29 bits per heavy atom. The van der Waals surface area contributed by atoms with Crippen molar-refractivity contribution in [1.82, 2.24) is 10.6 Å². The van der Waals surface area contributed by atoms with Crippen molar-refractivity contribution in [3.63, 3.8) is 0 Å². The topological polar surface area (TPSA) is 63.5 Å². The molecule has 21 heavy (non-hydrogen) atoms. The molecule has 2 N–H and O–H groups in total.